The number of hydrogen-bond acceptors (Lipinski definition) is 5. The van der Waals surface area contributed by atoms with Crippen LogP contribution in [-0.4, -0.2) is 61.6 Å². The van der Waals surface area contributed by atoms with E-state index in [0.717, 1.165) is 83.1 Å². The molecular formula is C23H44N2O3S. The third kappa shape index (κ3) is 8.04. The molecule has 5 atom stereocenters. The molecule has 1 aliphatic heterocycles. The van der Waals surface area contributed by atoms with Gasteiger partial charge in [0, 0.05) is 37.5 Å². The van der Waals surface area contributed by atoms with Crippen LogP contribution in [0.3, 0.4) is 0 Å². The molecule has 0 aromatic carbocycles. The van der Waals surface area contributed by atoms with Crippen molar-refractivity contribution in [2.45, 2.75) is 103 Å². The lowest BCUT2D eigenvalue weighted by atomic mass is 9.81. The van der Waals surface area contributed by atoms with Gasteiger partial charge in [0.15, 0.2) is 5.17 Å². The molecule has 1 heterocycles. The minimum absolute atomic E-state index is 0.0683. The van der Waals surface area contributed by atoms with E-state index in [-0.39, 0.29) is 18.2 Å². The first-order valence-corrected chi connectivity index (χ1v) is 12.9. The third-order valence-corrected chi connectivity index (χ3v) is 6.96. The summed E-state index contributed by atoms with van der Waals surface area (Å²) in [6.07, 6.45) is 9.14. The van der Waals surface area contributed by atoms with Crippen molar-refractivity contribution >= 4 is 16.9 Å². The van der Waals surface area contributed by atoms with E-state index in [9.17, 15) is 0 Å². The Balaban J connectivity index is 2.11. The monoisotopic (exact) mass is 428 g/mol. The average Bonchev–Trinajstić information content (AvgIpc) is 3.13. The van der Waals surface area contributed by atoms with Crippen LogP contribution >= 0.6 is 11.8 Å². The van der Waals surface area contributed by atoms with E-state index in [2.05, 4.69) is 33.0 Å². The largest absolute Gasteiger partial charge is 0.381 e. The molecule has 0 amide bonds. The fourth-order valence-electron chi connectivity index (χ4n) is 3.98. The number of unbranched alkanes of at least 4 members (excludes halogenated alkanes) is 3. The number of fused-ring (bicyclic) bond motifs is 1. The highest BCUT2D eigenvalue weighted by Gasteiger charge is 2.50. The molecule has 0 unspecified atom stereocenters. The summed E-state index contributed by atoms with van der Waals surface area (Å²) in [6, 6.07) is 0.283. The van der Waals surface area contributed by atoms with E-state index in [0.29, 0.717) is 11.2 Å². The Hall–Kier alpha value is -0.300. The highest BCUT2D eigenvalue weighted by molar-refractivity contribution is 8.14. The lowest BCUT2D eigenvalue weighted by Gasteiger charge is -2.43. The fraction of sp³-hybridized carbons (Fsp3) is 0.957. The summed E-state index contributed by atoms with van der Waals surface area (Å²) in [5.41, 5.74) is 0. The number of nitrogens with one attached hydrogen (secondary N) is 1. The summed E-state index contributed by atoms with van der Waals surface area (Å²) in [7, 11) is 0. The lowest BCUT2D eigenvalue weighted by molar-refractivity contribution is -0.137. The smallest absolute Gasteiger partial charge is 0.157 e. The molecule has 0 aromatic heterocycles. The first kappa shape index (κ1) is 25.0. The average molecular weight is 429 g/mol. The topological polar surface area (TPSA) is 52.1 Å². The second-order valence-electron chi connectivity index (χ2n) is 8.32. The Morgan fingerprint density at radius 3 is 2.21 bits per heavy atom. The summed E-state index contributed by atoms with van der Waals surface area (Å²) in [5.74, 6) is 0.386. The van der Waals surface area contributed by atoms with Gasteiger partial charge in [-0.2, -0.15) is 0 Å². The van der Waals surface area contributed by atoms with E-state index in [1.807, 2.05) is 11.8 Å². The van der Waals surface area contributed by atoms with Crippen LogP contribution in [0.1, 0.15) is 79.1 Å². The number of amidine groups is 1. The zero-order valence-corrected chi connectivity index (χ0v) is 20.0. The van der Waals surface area contributed by atoms with Crippen molar-refractivity contribution in [1.82, 2.24) is 5.32 Å². The first-order valence-electron chi connectivity index (χ1n) is 12.0. The van der Waals surface area contributed by atoms with Crippen molar-refractivity contribution in [2.24, 2.45) is 10.9 Å². The van der Waals surface area contributed by atoms with Crippen molar-refractivity contribution in [2.75, 3.05) is 33.0 Å². The SMILES string of the molecule is CCCCOC[C@H]1C[C@@H]2SC(=NCCC)N[C@@H]2[C@@H](OCCCC)[C@@H]1OCCCC. The number of aliphatic imine (C=N–C) groups is 1. The van der Waals surface area contributed by atoms with Crippen LogP contribution in [0.2, 0.25) is 0 Å². The van der Waals surface area contributed by atoms with Crippen molar-refractivity contribution in [3.63, 3.8) is 0 Å². The van der Waals surface area contributed by atoms with Crippen LogP contribution < -0.4 is 5.32 Å². The molecule has 2 rings (SSSR count). The lowest BCUT2D eigenvalue weighted by Crippen LogP contribution is -2.58. The summed E-state index contributed by atoms with van der Waals surface area (Å²) in [5, 5.41) is 5.27. The van der Waals surface area contributed by atoms with E-state index in [1.165, 1.54) is 6.42 Å². The molecule has 1 aliphatic carbocycles. The van der Waals surface area contributed by atoms with E-state index in [4.69, 9.17) is 19.2 Å². The molecule has 6 heteroatoms. The second-order valence-corrected chi connectivity index (χ2v) is 9.54. The van der Waals surface area contributed by atoms with Gasteiger partial charge in [0.1, 0.15) is 6.10 Å². The highest BCUT2D eigenvalue weighted by Crippen LogP contribution is 2.40. The minimum Gasteiger partial charge on any atom is -0.381 e. The molecule has 0 spiro atoms. The molecule has 1 saturated heterocycles. The molecule has 1 N–H and O–H groups in total. The molecule has 2 aliphatic rings. The molecule has 0 radical (unpaired) electrons. The Morgan fingerprint density at radius 1 is 0.897 bits per heavy atom. The van der Waals surface area contributed by atoms with Gasteiger partial charge < -0.3 is 19.5 Å². The maximum Gasteiger partial charge on any atom is 0.157 e. The van der Waals surface area contributed by atoms with Crippen molar-refractivity contribution in [1.29, 1.82) is 0 Å². The van der Waals surface area contributed by atoms with Crippen LogP contribution in [0.5, 0.6) is 0 Å². The van der Waals surface area contributed by atoms with E-state index < -0.39 is 0 Å². The molecule has 0 bridgehead atoms. The van der Waals surface area contributed by atoms with Gasteiger partial charge >= 0.3 is 0 Å². The van der Waals surface area contributed by atoms with Crippen molar-refractivity contribution in [3.05, 3.63) is 0 Å². The fourth-order valence-corrected chi connectivity index (χ4v) is 5.35. The number of hydrogen-bond donors (Lipinski definition) is 1. The normalized spacial score (nSPS) is 30.5. The molecule has 1 saturated carbocycles. The van der Waals surface area contributed by atoms with Gasteiger partial charge in [-0.25, -0.2) is 0 Å². The van der Waals surface area contributed by atoms with Crippen LogP contribution in [-0.2, 0) is 14.2 Å². The second kappa shape index (κ2) is 14.7. The van der Waals surface area contributed by atoms with Gasteiger partial charge in [0.05, 0.1) is 18.8 Å². The van der Waals surface area contributed by atoms with Crippen molar-refractivity contribution < 1.29 is 14.2 Å². The highest BCUT2D eigenvalue weighted by atomic mass is 32.2. The molecule has 170 valence electrons. The molecule has 29 heavy (non-hydrogen) atoms. The summed E-state index contributed by atoms with van der Waals surface area (Å²) in [6.45, 7) is 12.9. The van der Waals surface area contributed by atoms with Gasteiger partial charge in [-0.15, -0.1) is 0 Å². The maximum atomic E-state index is 6.48. The van der Waals surface area contributed by atoms with Crippen LogP contribution in [0.15, 0.2) is 4.99 Å². The maximum absolute atomic E-state index is 6.48. The number of thioether (sulfide) groups is 1. The van der Waals surface area contributed by atoms with Crippen LogP contribution in [0, 0.1) is 5.92 Å². The Bertz CT molecular complexity index is 463. The van der Waals surface area contributed by atoms with Crippen LogP contribution in [0.4, 0.5) is 0 Å². The van der Waals surface area contributed by atoms with Gasteiger partial charge in [-0.05, 0) is 32.1 Å². The quantitative estimate of drug-likeness (QED) is 0.371. The minimum atomic E-state index is 0.0683. The van der Waals surface area contributed by atoms with Gasteiger partial charge in [-0.1, -0.05) is 58.7 Å². The van der Waals surface area contributed by atoms with Crippen molar-refractivity contribution in [3.8, 4) is 0 Å². The van der Waals surface area contributed by atoms with Crippen LogP contribution in [0.25, 0.3) is 0 Å². The zero-order valence-electron chi connectivity index (χ0n) is 19.2. The summed E-state index contributed by atoms with van der Waals surface area (Å²) < 4.78 is 19.0. The number of nitrogens with zero attached hydrogens (tertiary/aromatic N) is 1. The molecule has 5 nitrogen and oxygen atoms in total. The Morgan fingerprint density at radius 2 is 1.55 bits per heavy atom. The molecule has 0 aromatic rings. The van der Waals surface area contributed by atoms with E-state index >= 15 is 0 Å². The predicted molar refractivity (Wildman–Crippen MR) is 124 cm³/mol. The predicted octanol–water partition coefficient (Wildman–Crippen LogP) is 5.03. The standard InChI is InChI=1S/C23H44N2O3S/c1-5-9-13-26-17-18-16-19-20(25-23(29-19)24-12-8-4)22(28-15-11-7-3)21(18)27-14-10-6-2/h18-22H,5-17H2,1-4H3,(H,24,25)/t18-,19+,20+,21-,22-/m1/s1. The van der Waals surface area contributed by atoms with Gasteiger partial charge in [-0.3, -0.25) is 4.99 Å². The van der Waals surface area contributed by atoms with Gasteiger partial charge in [0.25, 0.3) is 0 Å². The van der Waals surface area contributed by atoms with Gasteiger partial charge in [0.2, 0.25) is 0 Å². The summed E-state index contributed by atoms with van der Waals surface area (Å²) >= 11 is 1.90. The Kier molecular flexibility index (Phi) is 12.6. The third-order valence-electron chi connectivity index (χ3n) is 5.70. The Labute approximate surface area is 183 Å². The summed E-state index contributed by atoms with van der Waals surface area (Å²) in [4.78, 5) is 4.75. The van der Waals surface area contributed by atoms with E-state index in [1.54, 1.807) is 0 Å². The zero-order chi connectivity index (χ0) is 20.9. The first-order chi connectivity index (χ1) is 14.2. The number of ether oxygens (including phenoxy) is 3. The molecular weight excluding hydrogens is 384 g/mol. The molecule has 2 fully saturated rings. The number of rotatable bonds is 15.